The van der Waals surface area contributed by atoms with Gasteiger partial charge < -0.3 is 15.0 Å². The Morgan fingerprint density at radius 1 is 1.21 bits per heavy atom. The molecule has 2 aromatic carbocycles. The summed E-state index contributed by atoms with van der Waals surface area (Å²) in [4.78, 5) is 14.5. The lowest BCUT2D eigenvalue weighted by atomic mass is 9.90. The van der Waals surface area contributed by atoms with Crippen molar-refractivity contribution in [3.05, 3.63) is 63.7 Å². The first-order chi connectivity index (χ1) is 13.6. The zero-order chi connectivity index (χ0) is 21.3. The Balaban J connectivity index is 1.89. The van der Waals surface area contributed by atoms with Crippen LogP contribution in [0.25, 0.3) is 0 Å². The normalized spacial score (nSPS) is 19.3. The topological polar surface area (TPSA) is 41.6 Å². The van der Waals surface area contributed by atoms with Gasteiger partial charge in [-0.05, 0) is 48.4 Å². The fraction of sp³-hybridized carbons (Fsp3) is 0.381. The van der Waals surface area contributed by atoms with E-state index in [0.29, 0.717) is 18.1 Å². The highest BCUT2D eigenvalue weighted by atomic mass is 35.5. The summed E-state index contributed by atoms with van der Waals surface area (Å²) in [5, 5.41) is 3.91. The molecule has 1 aliphatic rings. The number of nitrogens with zero attached hydrogens (tertiary/aromatic N) is 1. The van der Waals surface area contributed by atoms with Crippen molar-refractivity contribution in [1.82, 2.24) is 10.2 Å². The highest BCUT2D eigenvalue weighted by Gasteiger charge is 2.37. The quantitative estimate of drug-likeness (QED) is 0.782. The molecule has 29 heavy (non-hydrogen) atoms. The van der Waals surface area contributed by atoms with E-state index in [2.05, 4.69) is 5.32 Å². The van der Waals surface area contributed by atoms with E-state index in [0.717, 1.165) is 17.2 Å². The van der Waals surface area contributed by atoms with Crippen LogP contribution in [-0.4, -0.2) is 44.1 Å². The third-order valence-corrected chi connectivity index (χ3v) is 5.62. The van der Waals surface area contributed by atoms with Crippen molar-refractivity contribution in [2.75, 3.05) is 27.2 Å². The van der Waals surface area contributed by atoms with Gasteiger partial charge in [-0.1, -0.05) is 17.7 Å². The molecular weight excluding hydrogens is 405 g/mol. The molecule has 1 aliphatic heterocycles. The summed E-state index contributed by atoms with van der Waals surface area (Å²) in [6.45, 7) is 3.18. The maximum atomic E-state index is 13.3. The molecule has 0 radical (unpaired) electrons. The van der Waals surface area contributed by atoms with Gasteiger partial charge in [0.05, 0.1) is 18.7 Å². The number of nitrogens with one attached hydrogen (secondary N) is 1. The summed E-state index contributed by atoms with van der Waals surface area (Å²) in [7, 11) is 2.79. The zero-order valence-electron chi connectivity index (χ0n) is 16.3. The standard InChI is InChI=1S/C21H22ClF3N2O2/c1-12-8-14(22)5-6-15(12)16-10-26-11-18(16)27(2)20(28)13-4-7-19(29-3)17(9-13)21(23,24)25/h4-9,16,18,26H,10-11H2,1-3H3. The van der Waals surface area contributed by atoms with E-state index < -0.39 is 17.6 Å². The van der Waals surface area contributed by atoms with Crippen molar-refractivity contribution in [3.8, 4) is 5.75 Å². The van der Waals surface area contributed by atoms with Gasteiger partial charge in [0, 0.05) is 36.6 Å². The molecule has 0 aromatic heterocycles. The summed E-state index contributed by atoms with van der Waals surface area (Å²) >= 11 is 6.05. The second kappa shape index (κ2) is 8.24. The summed E-state index contributed by atoms with van der Waals surface area (Å²) < 4.78 is 44.7. The Bertz CT molecular complexity index is 917. The van der Waals surface area contributed by atoms with Gasteiger partial charge in [-0.3, -0.25) is 4.79 Å². The lowest BCUT2D eigenvalue weighted by Crippen LogP contribution is -2.41. The molecular formula is C21H22ClF3N2O2. The Morgan fingerprint density at radius 2 is 1.93 bits per heavy atom. The smallest absolute Gasteiger partial charge is 0.419 e. The largest absolute Gasteiger partial charge is 0.496 e. The Labute approximate surface area is 172 Å². The van der Waals surface area contributed by atoms with Crippen molar-refractivity contribution in [1.29, 1.82) is 0 Å². The zero-order valence-corrected chi connectivity index (χ0v) is 17.1. The third-order valence-electron chi connectivity index (χ3n) is 5.38. The van der Waals surface area contributed by atoms with Crippen LogP contribution in [0.3, 0.4) is 0 Å². The predicted octanol–water partition coefficient (Wildman–Crippen LogP) is 4.50. The Morgan fingerprint density at radius 3 is 2.55 bits per heavy atom. The SMILES string of the molecule is COc1ccc(C(=O)N(C)C2CNCC2c2ccc(Cl)cc2C)cc1C(F)(F)F. The maximum Gasteiger partial charge on any atom is 0.419 e. The fourth-order valence-corrected chi connectivity index (χ4v) is 4.09. The summed E-state index contributed by atoms with van der Waals surface area (Å²) in [6, 6.07) is 8.81. The molecule has 1 saturated heterocycles. The number of benzene rings is 2. The van der Waals surface area contributed by atoms with Gasteiger partial charge in [-0.15, -0.1) is 0 Å². The van der Waals surface area contributed by atoms with Crippen LogP contribution in [0, 0.1) is 6.92 Å². The van der Waals surface area contributed by atoms with E-state index in [1.54, 1.807) is 13.1 Å². The van der Waals surface area contributed by atoms with E-state index in [1.807, 2.05) is 19.1 Å². The van der Waals surface area contributed by atoms with Crippen molar-refractivity contribution < 1.29 is 22.7 Å². The van der Waals surface area contributed by atoms with Crippen molar-refractivity contribution in [2.45, 2.75) is 25.1 Å². The molecule has 1 heterocycles. The molecule has 3 rings (SSSR count). The van der Waals surface area contributed by atoms with Crippen LogP contribution in [0.5, 0.6) is 5.75 Å². The minimum absolute atomic E-state index is 0.0153. The molecule has 1 fully saturated rings. The highest BCUT2D eigenvalue weighted by molar-refractivity contribution is 6.30. The molecule has 1 amide bonds. The minimum Gasteiger partial charge on any atom is -0.496 e. The molecule has 2 aromatic rings. The fourth-order valence-electron chi connectivity index (χ4n) is 3.86. The number of carbonyl (C=O) groups is 1. The number of amides is 1. The molecule has 0 bridgehead atoms. The number of carbonyl (C=O) groups excluding carboxylic acids is 1. The van der Waals surface area contributed by atoms with E-state index in [1.165, 1.54) is 24.1 Å². The van der Waals surface area contributed by atoms with Crippen LogP contribution in [-0.2, 0) is 6.18 Å². The number of ether oxygens (including phenoxy) is 1. The molecule has 8 heteroatoms. The van der Waals surface area contributed by atoms with Gasteiger partial charge in [0.1, 0.15) is 5.75 Å². The van der Waals surface area contributed by atoms with Crippen molar-refractivity contribution in [2.24, 2.45) is 0 Å². The number of methoxy groups -OCH3 is 1. The molecule has 0 spiro atoms. The van der Waals surface area contributed by atoms with Crippen LogP contribution in [0.15, 0.2) is 36.4 Å². The molecule has 4 nitrogen and oxygen atoms in total. The molecule has 1 N–H and O–H groups in total. The number of aryl methyl sites for hydroxylation is 1. The minimum atomic E-state index is -4.61. The van der Waals surface area contributed by atoms with Gasteiger partial charge >= 0.3 is 6.18 Å². The van der Waals surface area contributed by atoms with Gasteiger partial charge in [-0.2, -0.15) is 13.2 Å². The molecule has 2 unspecified atom stereocenters. The van der Waals surface area contributed by atoms with Crippen LogP contribution >= 0.6 is 11.6 Å². The number of hydrogen-bond acceptors (Lipinski definition) is 3. The number of hydrogen-bond donors (Lipinski definition) is 1. The van der Waals surface area contributed by atoms with Crippen LogP contribution < -0.4 is 10.1 Å². The number of likely N-dealkylation sites (N-methyl/N-ethyl adjacent to an activating group) is 1. The first-order valence-corrected chi connectivity index (χ1v) is 9.50. The summed E-state index contributed by atoms with van der Waals surface area (Å²) in [5.41, 5.74) is 1.09. The van der Waals surface area contributed by atoms with Crippen LogP contribution in [0.1, 0.15) is 33.0 Å². The van der Waals surface area contributed by atoms with Crippen LogP contribution in [0.2, 0.25) is 5.02 Å². The number of rotatable bonds is 4. The average molecular weight is 427 g/mol. The lowest BCUT2D eigenvalue weighted by Gasteiger charge is -2.30. The Kier molecular flexibility index (Phi) is 6.10. The third kappa shape index (κ3) is 4.36. The van der Waals surface area contributed by atoms with Crippen molar-refractivity contribution >= 4 is 17.5 Å². The first-order valence-electron chi connectivity index (χ1n) is 9.12. The predicted molar refractivity (Wildman–Crippen MR) is 106 cm³/mol. The van der Waals surface area contributed by atoms with E-state index in [-0.39, 0.29) is 23.3 Å². The number of halogens is 4. The van der Waals surface area contributed by atoms with Gasteiger partial charge in [0.25, 0.3) is 5.91 Å². The van der Waals surface area contributed by atoms with Gasteiger partial charge in [0.15, 0.2) is 0 Å². The van der Waals surface area contributed by atoms with E-state index in [9.17, 15) is 18.0 Å². The number of alkyl halides is 3. The first kappa shape index (κ1) is 21.5. The average Bonchev–Trinajstić information content (AvgIpc) is 3.15. The van der Waals surface area contributed by atoms with Crippen molar-refractivity contribution in [3.63, 3.8) is 0 Å². The summed E-state index contributed by atoms with van der Waals surface area (Å²) in [5.74, 6) is -0.765. The molecule has 156 valence electrons. The second-order valence-corrected chi connectivity index (χ2v) is 7.60. The van der Waals surface area contributed by atoms with Crippen LogP contribution in [0.4, 0.5) is 13.2 Å². The molecule has 2 atom stereocenters. The summed E-state index contributed by atoms with van der Waals surface area (Å²) in [6.07, 6.45) is -4.61. The molecule has 0 saturated carbocycles. The lowest BCUT2D eigenvalue weighted by molar-refractivity contribution is -0.138. The molecule has 0 aliphatic carbocycles. The maximum absolute atomic E-state index is 13.3. The Hall–Kier alpha value is -2.25. The van der Waals surface area contributed by atoms with Gasteiger partial charge in [-0.25, -0.2) is 0 Å². The van der Waals surface area contributed by atoms with Gasteiger partial charge in [0.2, 0.25) is 0 Å². The second-order valence-electron chi connectivity index (χ2n) is 7.16. The van der Waals surface area contributed by atoms with E-state index in [4.69, 9.17) is 16.3 Å². The highest BCUT2D eigenvalue weighted by Crippen LogP contribution is 2.37. The monoisotopic (exact) mass is 426 g/mol. The van der Waals surface area contributed by atoms with E-state index >= 15 is 0 Å².